The van der Waals surface area contributed by atoms with E-state index in [0.29, 0.717) is 11.1 Å². The molecule has 0 aliphatic rings. The molecule has 106 valence electrons. The van der Waals surface area contributed by atoms with Crippen molar-refractivity contribution in [2.24, 2.45) is 0 Å². The average molecular weight is 284 g/mol. The SMILES string of the molecule is COC(=O)c1nc(-c2ccc(C#N)cc2)nc(N)c1OC. The molecule has 0 aliphatic heterocycles. The van der Waals surface area contributed by atoms with Gasteiger partial charge in [0.05, 0.1) is 25.9 Å². The number of esters is 1. The van der Waals surface area contributed by atoms with Crippen molar-refractivity contribution in [1.82, 2.24) is 9.97 Å². The van der Waals surface area contributed by atoms with Crippen LogP contribution < -0.4 is 10.5 Å². The molecule has 0 unspecified atom stereocenters. The fourth-order valence-corrected chi connectivity index (χ4v) is 1.73. The fraction of sp³-hybridized carbons (Fsp3) is 0.143. The van der Waals surface area contributed by atoms with E-state index in [4.69, 9.17) is 15.7 Å². The van der Waals surface area contributed by atoms with Crippen molar-refractivity contribution in [2.75, 3.05) is 20.0 Å². The van der Waals surface area contributed by atoms with Crippen LogP contribution in [-0.4, -0.2) is 30.2 Å². The number of methoxy groups -OCH3 is 2. The molecule has 0 amide bonds. The van der Waals surface area contributed by atoms with Gasteiger partial charge >= 0.3 is 5.97 Å². The lowest BCUT2D eigenvalue weighted by atomic mass is 10.1. The molecular formula is C14H12N4O3. The predicted molar refractivity (Wildman–Crippen MR) is 74.5 cm³/mol. The third kappa shape index (κ3) is 2.74. The second kappa shape index (κ2) is 5.88. The number of nitrogens with zero attached hydrogens (tertiary/aromatic N) is 3. The Morgan fingerprint density at radius 1 is 1.24 bits per heavy atom. The topological polar surface area (TPSA) is 111 Å². The minimum absolute atomic E-state index is 0.0345. The van der Waals surface area contributed by atoms with E-state index in [9.17, 15) is 4.79 Å². The Bertz CT molecular complexity index is 720. The number of aromatic nitrogens is 2. The molecule has 0 bridgehead atoms. The maximum absolute atomic E-state index is 11.7. The molecule has 7 heteroatoms. The van der Waals surface area contributed by atoms with E-state index in [1.54, 1.807) is 24.3 Å². The Kier molecular flexibility index (Phi) is 4.00. The molecule has 0 saturated carbocycles. The molecule has 21 heavy (non-hydrogen) atoms. The second-order valence-corrected chi connectivity index (χ2v) is 4.00. The first kappa shape index (κ1) is 14.3. The second-order valence-electron chi connectivity index (χ2n) is 4.00. The van der Waals surface area contributed by atoms with Gasteiger partial charge in [-0.05, 0) is 24.3 Å². The van der Waals surface area contributed by atoms with Gasteiger partial charge in [-0.15, -0.1) is 0 Å². The molecule has 2 rings (SSSR count). The van der Waals surface area contributed by atoms with Crippen molar-refractivity contribution >= 4 is 11.8 Å². The highest BCUT2D eigenvalue weighted by Gasteiger charge is 2.20. The first-order valence-electron chi connectivity index (χ1n) is 5.91. The number of benzene rings is 1. The first-order chi connectivity index (χ1) is 10.1. The molecule has 2 aromatic rings. The van der Waals surface area contributed by atoms with Crippen LogP contribution in [0.15, 0.2) is 24.3 Å². The number of hydrogen-bond donors (Lipinski definition) is 1. The summed E-state index contributed by atoms with van der Waals surface area (Å²) in [5.74, 6) is -0.319. The summed E-state index contributed by atoms with van der Waals surface area (Å²) in [6, 6.07) is 8.59. The Labute approximate surface area is 121 Å². The van der Waals surface area contributed by atoms with Gasteiger partial charge in [0.15, 0.2) is 23.1 Å². The number of nitrogen functional groups attached to an aromatic ring is 1. The molecule has 1 aromatic carbocycles. The Balaban J connectivity index is 2.57. The van der Waals surface area contributed by atoms with Crippen LogP contribution in [0.4, 0.5) is 5.82 Å². The molecule has 0 radical (unpaired) electrons. The smallest absolute Gasteiger partial charge is 0.360 e. The molecule has 1 heterocycles. The van der Waals surface area contributed by atoms with Crippen LogP contribution in [0.5, 0.6) is 5.75 Å². The minimum Gasteiger partial charge on any atom is -0.491 e. The van der Waals surface area contributed by atoms with Gasteiger partial charge in [0.2, 0.25) is 0 Å². The standard InChI is InChI=1S/C14H12N4O3/c1-20-11-10(14(19)21-2)17-13(18-12(11)16)9-5-3-8(7-15)4-6-9/h3-6H,1-2H3,(H2,16,17,18). The molecule has 1 aromatic heterocycles. The molecule has 0 saturated heterocycles. The molecule has 7 nitrogen and oxygen atoms in total. The Hall–Kier alpha value is -3.14. The van der Waals surface area contributed by atoms with Crippen LogP contribution in [0, 0.1) is 11.3 Å². The van der Waals surface area contributed by atoms with Gasteiger partial charge in [0, 0.05) is 5.56 Å². The monoisotopic (exact) mass is 284 g/mol. The minimum atomic E-state index is -0.671. The zero-order chi connectivity index (χ0) is 15.4. The number of rotatable bonds is 3. The van der Waals surface area contributed by atoms with Crippen molar-refractivity contribution < 1.29 is 14.3 Å². The fourth-order valence-electron chi connectivity index (χ4n) is 1.73. The van der Waals surface area contributed by atoms with E-state index in [-0.39, 0.29) is 23.1 Å². The quantitative estimate of drug-likeness (QED) is 0.847. The number of hydrogen-bond acceptors (Lipinski definition) is 7. The Morgan fingerprint density at radius 2 is 1.90 bits per heavy atom. The van der Waals surface area contributed by atoms with Gasteiger partial charge in [0.1, 0.15) is 0 Å². The van der Waals surface area contributed by atoms with Crippen LogP contribution in [0.2, 0.25) is 0 Å². The Morgan fingerprint density at radius 3 is 2.43 bits per heavy atom. The predicted octanol–water partition coefficient (Wildman–Crippen LogP) is 1.39. The van der Waals surface area contributed by atoms with E-state index in [2.05, 4.69) is 14.7 Å². The van der Waals surface area contributed by atoms with E-state index in [0.717, 1.165) is 0 Å². The normalized spacial score (nSPS) is 9.76. The summed E-state index contributed by atoms with van der Waals surface area (Å²) in [6.07, 6.45) is 0. The highest BCUT2D eigenvalue weighted by Crippen LogP contribution is 2.27. The lowest BCUT2D eigenvalue weighted by Gasteiger charge is -2.10. The first-order valence-corrected chi connectivity index (χ1v) is 5.91. The molecule has 0 spiro atoms. The van der Waals surface area contributed by atoms with E-state index in [1.807, 2.05) is 6.07 Å². The average Bonchev–Trinajstić information content (AvgIpc) is 2.53. The van der Waals surface area contributed by atoms with Crippen LogP contribution in [0.3, 0.4) is 0 Å². The van der Waals surface area contributed by atoms with Gasteiger partial charge in [-0.25, -0.2) is 14.8 Å². The summed E-state index contributed by atoms with van der Waals surface area (Å²) >= 11 is 0. The van der Waals surface area contributed by atoms with E-state index >= 15 is 0 Å². The number of nitrogens with two attached hydrogens (primary N) is 1. The van der Waals surface area contributed by atoms with Crippen LogP contribution in [-0.2, 0) is 4.74 Å². The summed E-state index contributed by atoms with van der Waals surface area (Å²) in [5, 5.41) is 8.78. The van der Waals surface area contributed by atoms with Crippen LogP contribution in [0.1, 0.15) is 16.1 Å². The van der Waals surface area contributed by atoms with E-state index < -0.39 is 5.97 Å². The number of anilines is 1. The number of nitriles is 1. The zero-order valence-corrected chi connectivity index (χ0v) is 11.5. The van der Waals surface area contributed by atoms with Crippen molar-refractivity contribution in [2.45, 2.75) is 0 Å². The molecule has 0 atom stereocenters. The highest BCUT2D eigenvalue weighted by atomic mass is 16.5. The summed E-state index contributed by atoms with van der Waals surface area (Å²) in [5.41, 5.74) is 6.86. The van der Waals surface area contributed by atoms with Crippen molar-refractivity contribution in [3.8, 4) is 23.2 Å². The summed E-state index contributed by atoms with van der Waals surface area (Å²) in [7, 11) is 2.60. The van der Waals surface area contributed by atoms with Crippen molar-refractivity contribution in [3.05, 3.63) is 35.5 Å². The van der Waals surface area contributed by atoms with Gasteiger partial charge in [-0.1, -0.05) is 0 Å². The van der Waals surface area contributed by atoms with Crippen LogP contribution >= 0.6 is 0 Å². The van der Waals surface area contributed by atoms with Gasteiger partial charge in [0.25, 0.3) is 0 Å². The third-order valence-electron chi connectivity index (χ3n) is 2.75. The lowest BCUT2D eigenvalue weighted by molar-refractivity contribution is 0.0590. The van der Waals surface area contributed by atoms with Crippen molar-refractivity contribution in [1.29, 1.82) is 5.26 Å². The van der Waals surface area contributed by atoms with Gasteiger partial charge < -0.3 is 15.2 Å². The van der Waals surface area contributed by atoms with E-state index in [1.165, 1.54) is 14.2 Å². The largest absolute Gasteiger partial charge is 0.491 e. The maximum Gasteiger partial charge on any atom is 0.360 e. The zero-order valence-electron chi connectivity index (χ0n) is 11.5. The van der Waals surface area contributed by atoms with Crippen LogP contribution in [0.25, 0.3) is 11.4 Å². The number of ether oxygens (including phenoxy) is 2. The lowest BCUT2D eigenvalue weighted by Crippen LogP contribution is -2.11. The third-order valence-corrected chi connectivity index (χ3v) is 2.75. The van der Waals surface area contributed by atoms with Crippen molar-refractivity contribution in [3.63, 3.8) is 0 Å². The van der Waals surface area contributed by atoms with Gasteiger partial charge in [-0.2, -0.15) is 5.26 Å². The summed E-state index contributed by atoms with van der Waals surface area (Å²) < 4.78 is 9.69. The highest BCUT2D eigenvalue weighted by molar-refractivity contribution is 5.92. The molecule has 0 fully saturated rings. The molecule has 2 N–H and O–H groups in total. The number of carbonyl (C=O) groups excluding carboxylic acids is 1. The summed E-state index contributed by atoms with van der Waals surface area (Å²) in [4.78, 5) is 20.0. The summed E-state index contributed by atoms with van der Waals surface area (Å²) in [6.45, 7) is 0. The molecule has 0 aliphatic carbocycles. The molecular weight excluding hydrogens is 272 g/mol. The maximum atomic E-state index is 11.7. The van der Waals surface area contributed by atoms with Gasteiger partial charge in [-0.3, -0.25) is 0 Å². The number of carbonyl (C=O) groups is 1.